The Kier molecular flexibility index (Phi) is 5.18. The highest BCUT2D eigenvalue weighted by atomic mass is 79.9. The molecule has 0 atom stereocenters. The lowest BCUT2D eigenvalue weighted by molar-refractivity contribution is 0.105. The molecule has 0 aliphatic heterocycles. The molecule has 2 aromatic heterocycles. The third-order valence-corrected chi connectivity index (χ3v) is 5.28. The van der Waals surface area contributed by atoms with E-state index in [1.165, 1.54) is 22.3 Å². The molecule has 3 nitrogen and oxygen atoms in total. The molecule has 0 fully saturated rings. The summed E-state index contributed by atoms with van der Waals surface area (Å²) in [5, 5.41) is 4.56. The number of carbonyl (C=O) groups excluding carboxylic acids is 1. The molecule has 0 amide bonds. The maximum Gasteiger partial charge on any atom is 0.195 e. The lowest BCUT2D eigenvalue weighted by Gasteiger charge is -1.95. The summed E-state index contributed by atoms with van der Waals surface area (Å²) < 4.78 is 2.65. The van der Waals surface area contributed by atoms with Gasteiger partial charge in [-0.25, -0.2) is 0 Å². The summed E-state index contributed by atoms with van der Waals surface area (Å²) in [6, 6.07) is 1.88. The standard InChI is InChI=1S/C14H14BrClN2OS/c1-3-4-13-9(15)7-14(20-13)12(19)6-5-11-10(16)8-17-18(11)2/h5-8H,3-4H2,1-2H3/b6-5+. The minimum Gasteiger partial charge on any atom is -0.288 e. The number of nitrogens with zero attached hydrogens (tertiary/aromatic N) is 2. The van der Waals surface area contributed by atoms with Crippen LogP contribution in [0.2, 0.25) is 5.02 Å². The highest BCUT2D eigenvalue weighted by Gasteiger charge is 2.11. The van der Waals surface area contributed by atoms with Gasteiger partial charge < -0.3 is 0 Å². The van der Waals surface area contributed by atoms with E-state index in [1.807, 2.05) is 6.07 Å². The van der Waals surface area contributed by atoms with Crippen molar-refractivity contribution in [3.8, 4) is 0 Å². The second-order valence-corrected chi connectivity index (χ2v) is 6.73. The number of hydrogen-bond acceptors (Lipinski definition) is 3. The van der Waals surface area contributed by atoms with Crippen molar-refractivity contribution in [3.05, 3.63) is 43.3 Å². The summed E-state index contributed by atoms with van der Waals surface area (Å²) in [5.41, 5.74) is 0.726. The molecule has 0 saturated heterocycles. The number of aryl methyl sites for hydroxylation is 2. The topological polar surface area (TPSA) is 34.9 Å². The Labute approximate surface area is 135 Å². The van der Waals surface area contributed by atoms with Gasteiger partial charge in [-0.1, -0.05) is 24.9 Å². The number of allylic oxidation sites excluding steroid dienone is 1. The van der Waals surface area contributed by atoms with Crippen LogP contribution in [-0.2, 0) is 13.5 Å². The van der Waals surface area contributed by atoms with E-state index in [9.17, 15) is 4.79 Å². The Hall–Kier alpha value is -0.910. The first-order valence-corrected chi connectivity index (χ1v) is 8.19. The number of rotatable bonds is 5. The quantitative estimate of drug-likeness (QED) is 0.560. The van der Waals surface area contributed by atoms with Crippen LogP contribution in [0.15, 0.2) is 22.8 Å². The zero-order chi connectivity index (χ0) is 14.7. The van der Waals surface area contributed by atoms with Gasteiger partial charge in [0.25, 0.3) is 0 Å². The lowest BCUT2D eigenvalue weighted by atomic mass is 10.2. The van der Waals surface area contributed by atoms with E-state index < -0.39 is 0 Å². The number of aromatic nitrogens is 2. The SMILES string of the molecule is CCCc1sc(C(=O)/C=C/c2c(Cl)cnn2C)cc1Br. The second-order valence-electron chi connectivity index (χ2n) is 4.33. The number of ketones is 1. The number of carbonyl (C=O) groups is 1. The summed E-state index contributed by atoms with van der Waals surface area (Å²) >= 11 is 11.0. The molecule has 106 valence electrons. The van der Waals surface area contributed by atoms with E-state index in [-0.39, 0.29) is 5.78 Å². The fraction of sp³-hybridized carbons (Fsp3) is 0.286. The third-order valence-electron chi connectivity index (χ3n) is 2.81. The summed E-state index contributed by atoms with van der Waals surface area (Å²) in [5.74, 6) is -0.0182. The van der Waals surface area contributed by atoms with E-state index >= 15 is 0 Å². The zero-order valence-electron chi connectivity index (χ0n) is 11.2. The van der Waals surface area contributed by atoms with Gasteiger partial charge in [0.1, 0.15) is 0 Å². The molecule has 2 rings (SSSR count). The monoisotopic (exact) mass is 372 g/mol. The van der Waals surface area contributed by atoms with Crippen molar-refractivity contribution >= 4 is 50.7 Å². The fourth-order valence-electron chi connectivity index (χ4n) is 1.77. The van der Waals surface area contributed by atoms with Gasteiger partial charge in [-0.3, -0.25) is 9.48 Å². The molecule has 6 heteroatoms. The predicted molar refractivity (Wildman–Crippen MR) is 87.6 cm³/mol. The molecule has 0 spiro atoms. The fourth-order valence-corrected chi connectivity index (χ4v) is 3.89. The van der Waals surface area contributed by atoms with E-state index in [0.717, 1.165) is 27.9 Å². The predicted octanol–water partition coefficient (Wildman–Crippen LogP) is 4.75. The third kappa shape index (κ3) is 3.40. The van der Waals surface area contributed by atoms with Crippen molar-refractivity contribution in [3.63, 3.8) is 0 Å². The second kappa shape index (κ2) is 6.70. The Morgan fingerprint density at radius 2 is 2.35 bits per heavy atom. The van der Waals surface area contributed by atoms with Gasteiger partial charge in [0, 0.05) is 16.4 Å². The number of halogens is 2. The van der Waals surface area contributed by atoms with Crippen LogP contribution in [0.3, 0.4) is 0 Å². The Morgan fingerprint density at radius 1 is 1.60 bits per heavy atom. The van der Waals surface area contributed by atoms with Gasteiger partial charge in [-0.2, -0.15) is 5.10 Å². The maximum atomic E-state index is 12.2. The van der Waals surface area contributed by atoms with Crippen molar-refractivity contribution in [2.24, 2.45) is 7.05 Å². The van der Waals surface area contributed by atoms with Gasteiger partial charge in [0.05, 0.1) is 21.8 Å². The van der Waals surface area contributed by atoms with Crippen LogP contribution >= 0.6 is 38.9 Å². The minimum absolute atomic E-state index is 0.0182. The molecule has 0 saturated carbocycles. The van der Waals surface area contributed by atoms with E-state index in [1.54, 1.807) is 24.0 Å². The largest absolute Gasteiger partial charge is 0.288 e. The first-order chi connectivity index (χ1) is 9.52. The Morgan fingerprint density at radius 3 is 2.95 bits per heavy atom. The van der Waals surface area contributed by atoms with Crippen molar-refractivity contribution in [1.82, 2.24) is 9.78 Å². The first kappa shape index (κ1) is 15.5. The van der Waals surface area contributed by atoms with Crippen LogP contribution in [0, 0.1) is 0 Å². The molecule has 2 heterocycles. The maximum absolute atomic E-state index is 12.2. The normalized spacial score (nSPS) is 11.4. The highest BCUT2D eigenvalue weighted by Crippen LogP contribution is 2.29. The van der Waals surface area contributed by atoms with E-state index in [4.69, 9.17) is 11.6 Å². The van der Waals surface area contributed by atoms with E-state index in [0.29, 0.717) is 5.02 Å². The minimum atomic E-state index is -0.0182. The van der Waals surface area contributed by atoms with Crippen LogP contribution in [0.4, 0.5) is 0 Å². The molecule has 0 N–H and O–H groups in total. The van der Waals surface area contributed by atoms with Gasteiger partial charge in [0.2, 0.25) is 0 Å². The molecular weight excluding hydrogens is 360 g/mol. The molecule has 0 aliphatic rings. The van der Waals surface area contributed by atoms with Crippen LogP contribution in [0.25, 0.3) is 6.08 Å². The summed E-state index contributed by atoms with van der Waals surface area (Å²) in [6.07, 6.45) is 6.84. The highest BCUT2D eigenvalue weighted by molar-refractivity contribution is 9.10. The Bertz CT molecular complexity index is 641. The lowest BCUT2D eigenvalue weighted by Crippen LogP contribution is -1.94. The average Bonchev–Trinajstić information content (AvgIpc) is 2.92. The molecule has 2 aromatic rings. The molecule has 0 radical (unpaired) electrons. The van der Waals surface area contributed by atoms with Crippen LogP contribution < -0.4 is 0 Å². The van der Waals surface area contributed by atoms with Crippen molar-refractivity contribution < 1.29 is 4.79 Å². The molecule has 0 aromatic carbocycles. The van der Waals surface area contributed by atoms with Crippen LogP contribution in [0.5, 0.6) is 0 Å². The summed E-state index contributed by atoms with van der Waals surface area (Å²) in [4.78, 5) is 14.1. The molecule has 0 bridgehead atoms. The molecule has 0 unspecified atom stereocenters. The average molecular weight is 374 g/mol. The molecular formula is C14H14BrClN2OS. The molecule has 20 heavy (non-hydrogen) atoms. The van der Waals surface area contributed by atoms with Gasteiger partial charge in [-0.05, 0) is 40.6 Å². The first-order valence-electron chi connectivity index (χ1n) is 6.21. The molecule has 0 aliphatic carbocycles. The van der Waals surface area contributed by atoms with Crippen molar-refractivity contribution in [2.75, 3.05) is 0 Å². The van der Waals surface area contributed by atoms with Gasteiger partial charge >= 0.3 is 0 Å². The summed E-state index contributed by atoms with van der Waals surface area (Å²) in [7, 11) is 1.79. The van der Waals surface area contributed by atoms with E-state index in [2.05, 4.69) is 28.0 Å². The van der Waals surface area contributed by atoms with Gasteiger partial charge in [-0.15, -0.1) is 11.3 Å². The smallest absolute Gasteiger partial charge is 0.195 e. The van der Waals surface area contributed by atoms with Crippen LogP contribution in [-0.4, -0.2) is 15.6 Å². The van der Waals surface area contributed by atoms with Crippen molar-refractivity contribution in [2.45, 2.75) is 19.8 Å². The van der Waals surface area contributed by atoms with Gasteiger partial charge in [0.15, 0.2) is 5.78 Å². The number of hydrogen-bond donors (Lipinski definition) is 0. The zero-order valence-corrected chi connectivity index (χ0v) is 14.3. The van der Waals surface area contributed by atoms with Crippen molar-refractivity contribution in [1.29, 1.82) is 0 Å². The summed E-state index contributed by atoms with van der Waals surface area (Å²) in [6.45, 7) is 2.12. The van der Waals surface area contributed by atoms with Crippen LogP contribution in [0.1, 0.15) is 33.6 Å². The number of thiophene rings is 1. The Balaban J connectivity index is 2.18.